The van der Waals surface area contributed by atoms with Gasteiger partial charge in [-0.15, -0.1) is 0 Å². The van der Waals surface area contributed by atoms with Crippen molar-refractivity contribution < 1.29 is 0 Å². The maximum Gasteiger partial charge on any atom is 0.0453 e. The zero-order valence-corrected chi connectivity index (χ0v) is 7.56. The number of hydrogen-bond donors (Lipinski definition) is 0. The number of rotatable bonds is 2. The molecule has 0 aliphatic rings. The summed E-state index contributed by atoms with van der Waals surface area (Å²) in [6.45, 7) is 3.98. The van der Waals surface area contributed by atoms with Crippen LogP contribution in [0.3, 0.4) is 0 Å². The Morgan fingerprint density at radius 1 is 1.64 bits per heavy atom. The molecule has 0 N–H and O–H groups in total. The molecule has 0 aliphatic heterocycles. The quantitative estimate of drug-likeness (QED) is 0.597. The van der Waals surface area contributed by atoms with E-state index in [4.69, 9.17) is 0 Å². The second-order valence-corrected chi connectivity index (χ2v) is 2.99. The highest BCUT2D eigenvalue weighted by Gasteiger charge is 1.93. The summed E-state index contributed by atoms with van der Waals surface area (Å²) < 4.78 is 0. The Bertz CT molecular complexity index is 257. The summed E-state index contributed by atoms with van der Waals surface area (Å²) in [6, 6.07) is 2.08. The first-order chi connectivity index (χ1) is 5.34. The van der Waals surface area contributed by atoms with Crippen molar-refractivity contribution in [3.05, 3.63) is 34.7 Å². The van der Waals surface area contributed by atoms with Gasteiger partial charge in [0, 0.05) is 17.5 Å². The van der Waals surface area contributed by atoms with E-state index in [2.05, 4.69) is 21.8 Å². The summed E-state index contributed by atoms with van der Waals surface area (Å²) in [5, 5.41) is 4.16. The van der Waals surface area contributed by atoms with E-state index < -0.39 is 0 Å². The van der Waals surface area contributed by atoms with Gasteiger partial charge in [0.25, 0.3) is 0 Å². The Balaban J connectivity index is 2.77. The number of nitrogens with zero attached hydrogens (tertiary/aromatic N) is 1. The summed E-state index contributed by atoms with van der Waals surface area (Å²) in [6.07, 6.45) is 3.74. The van der Waals surface area contributed by atoms with Crippen LogP contribution in [0.2, 0.25) is 0 Å². The molecule has 1 rings (SSSR count). The molecule has 2 heteroatoms. The molecule has 0 radical (unpaired) electrons. The standard InChI is InChI=1S/C9H11NS/c1-3-5-10-8(2)9-4-6-11-7-9/h3-7H,1-2H3. The molecule has 0 atom stereocenters. The van der Waals surface area contributed by atoms with E-state index >= 15 is 0 Å². The Morgan fingerprint density at radius 2 is 2.45 bits per heavy atom. The Morgan fingerprint density at radius 3 is 3.00 bits per heavy atom. The largest absolute Gasteiger partial charge is 0.261 e. The lowest BCUT2D eigenvalue weighted by atomic mass is 10.2. The van der Waals surface area contributed by atoms with Crippen molar-refractivity contribution in [1.29, 1.82) is 0 Å². The number of thiophene rings is 1. The first-order valence-corrected chi connectivity index (χ1v) is 4.47. The maximum absolute atomic E-state index is 4.23. The van der Waals surface area contributed by atoms with Crippen molar-refractivity contribution in [2.45, 2.75) is 13.8 Å². The minimum Gasteiger partial charge on any atom is -0.261 e. The van der Waals surface area contributed by atoms with Crippen molar-refractivity contribution in [2.75, 3.05) is 0 Å². The molecule has 0 saturated carbocycles. The SMILES string of the molecule is CC=CN=C(C)c1ccsc1. The third-order valence-corrected chi connectivity index (χ3v) is 2.04. The van der Waals surface area contributed by atoms with Crippen LogP contribution in [0.15, 0.2) is 34.1 Å². The monoisotopic (exact) mass is 165 g/mol. The lowest BCUT2D eigenvalue weighted by molar-refractivity contribution is 1.49. The van der Waals surface area contributed by atoms with Crippen LogP contribution in [0, 0.1) is 0 Å². The fourth-order valence-electron chi connectivity index (χ4n) is 0.731. The van der Waals surface area contributed by atoms with Crippen molar-refractivity contribution >= 4 is 17.0 Å². The molecule has 0 bridgehead atoms. The first kappa shape index (κ1) is 8.21. The van der Waals surface area contributed by atoms with Gasteiger partial charge in [-0.2, -0.15) is 11.3 Å². The van der Waals surface area contributed by atoms with Crippen LogP contribution in [0.1, 0.15) is 19.4 Å². The van der Waals surface area contributed by atoms with Gasteiger partial charge < -0.3 is 0 Å². The molecule has 0 saturated heterocycles. The number of aliphatic imine (C=N–C) groups is 1. The lowest BCUT2D eigenvalue weighted by Gasteiger charge is -1.90. The van der Waals surface area contributed by atoms with Crippen LogP contribution >= 0.6 is 11.3 Å². The van der Waals surface area contributed by atoms with Crippen LogP contribution in [-0.4, -0.2) is 5.71 Å². The van der Waals surface area contributed by atoms with E-state index in [9.17, 15) is 0 Å². The van der Waals surface area contributed by atoms with Gasteiger partial charge in [0.1, 0.15) is 0 Å². The summed E-state index contributed by atoms with van der Waals surface area (Å²) in [7, 11) is 0. The van der Waals surface area contributed by atoms with Crippen LogP contribution in [0.25, 0.3) is 0 Å². The predicted octanol–water partition coefficient (Wildman–Crippen LogP) is 3.09. The molecule has 58 valence electrons. The highest BCUT2D eigenvalue weighted by Crippen LogP contribution is 2.07. The second kappa shape index (κ2) is 4.09. The van der Waals surface area contributed by atoms with Crippen molar-refractivity contribution in [1.82, 2.24) is 0 Å². The minimum atomic E-state index is 1.07. The fraction of sp³-hybridized carbons (Fsp3) is 0.222. The van der Waals surface area contributed by atoms with Gasteiger partial charge >= 0.3 is 0 Å². The molecular weight excluding hydrogens is 154 g/mol. The molecular formula is C9H11NS. The minimum absolute atomic E-state index is 1.07. The van der Waals surface area contributed by atoms with E-state index in [0.29, 0.717) is 0 Å². The molecule has 0 aromatic carbocycles. The molecule has 0 unspecified atom stereocenters. The van der Waals surface area contributed by atoms with Gasteiger partial charge in [0.15, 0.2) is 0 Å². The number of hydrogen-bond acceptors (Lipinski definition) is 2. The van der Waals surface area contributed by atoms with Crippen LogP contribution in [-0.2, 0) is 0 Å². The Kier molecular flexibility index (Phi) is 3.05. The first-order valence-electron chi connectivity index (χ1n) is 3.52. The average molecular weight is 165 g/mol. The van der Waals surface area contributed by atoms with Gasteiger partial charge in [-0.1, -0.05) is 6.08 Å². The van der Waals surface area contributed by atoms with Crippen LogP contribution in [0.4, 0.5) is 0 Å². The molecule has 11 heavy (non-hydrogen) atoms. The lowest BCUT2D eigenvalue weighted by Crippen LogP contribution is -1.88. The zero-order valence-electron chi connectivity index (χ0n) is 6.74. The summed E-state index contributed by atoms with van der Waals surface area (Å²) in [5.74, 6) is 0. The van der Waals surface area contributed by atoms with Crippen molar-refractivity contribution in [3.8, 4) is 0 Å². The predicted molar refractivity (Wildman–Crippen MR) is 51.3 cm³/mol. The van der Waals surface area contributed by atoms with Gasteiger partial charge in [-0.05, 0) is 30.7 Å². The molecule has 1 heterocycles. The van der Waals surface area contributed by atoms with E-state index in [1.165, 1.54) is 5.56 Å². The van der Waals surface area contributed by atoms with Crippen LogP contribution < -0.4 is 0 Å². The third kappa shape index (κ3) is 2.31. The van der Waals surface area contributed by atoms with Gasteiger partial charge in [0.2, 0.25) is 0 Å². The van der Waals surface area contributed by atoms with Crippen molar-refractivity contribution in [2.24, 2.45) is 4.99 Å². The second-order valence-electron chi connectivity index (χ2n) is 2.21. The van der Waals surface area contributed by atoms with Crippen LogP contribution in [0.5, 0.6) is 0 Å². The Hall–Kier alpha value is -0.890. The van der Waals surface area contributed by atoms with E-state index in [0.717, 1.165) is 5.71 Å². The van der Waals surface area contributed by atoms with Gasteiger partial charge in [-0.3, -0.25) is 4.99 Å². The molecule has 0 spiro atoms. The summed E-state index contributed by atoms with van der Waals surface area (Å²) in [5.41, 5.74) is 2.29. The van der Waals surface area contributed by atoms with E-state index in [1.54, 1.807) is 11.3 Å². The van der Waals surface area contributed by atoms with E-state index in [1.807, 2.05) is 26.1 Å². The summed E-state index contributed by atoms with van der Waals surface area (Å²) >= 11 is 1.70. The third-order valence-electron chi connectivity index (χ3n) is 1.36. The van der Waals surface area contributed by atoms with E-state index in [-0.39, 0.29) is 0 Å². The fourth-order valence-corrected chi connectivity index (χ4v) is 1.43. The highest BCUT2D eigenvalue weighted by molar-refractivity contribution is 7.08. The molecule has 1 nitrogen and oxygen atoms in total. The molecule has 0 fully saturated rings. The molecule has 1 aromatic heterocycles. The normalized spacial score (nSPS) is 12.7. The number of allylic oxidation sites excluding steroid dienone is 1. The smallest absolute Gasteiger partial charge is 0.0453 e. The maximum atomic E-state index is 4.23. The highest BCUT2D eigenvalue weighted by atomic mass is 32.1. The van der Waals surface area contributed by atoms with Gasteiger partial charge in [0.05, 0.1) is 0 Å². The zero-order chi connectivity index (χ0) is 8.10. The molecule has 0 aliphatic carbocycles. The Labute approximate surface area is 71.1 Å². The average Bonchev–Trinajstić information content (AvgIpc) is 2.52. The molecule has 1 aromatic rings. The molecule has 0 amide bonds. The van der Waals surface area contributed by atoms with Crippen molar-refractivity contribution in [3.63, 3.8) is 0 Å². The van der Waals surface area contributed by atoms with Gasteiger partial charge in [-0.25, -0.2) is 0 Å². The summed E-state index contributed by atoms with van der Waals surface area (Å²) in [4.78, 5) is 4.23. The topological polar surface area (TPSA) is 12.4 Å².